The molecule has 1 aliphatic rings. The summed E-state index contributed by atoms with van der Waals surface area (Å²) in [5.74, 6) is 2.14. The Morgan fingerprint density at radius 1 is 1.14 bits per heavy atom. The maximum atomic E-state index is 12.0. The van der Waals surface area contributed by atoms with E-state index >= 15 is 0 Å². The van der Waals surface area contributed by atoms with E-state index in [1.54, 1.807) is 23.5 Å². The summed E-state index contributed by atoms with van der Waals surface area (Å²) in [6, 6.07) is 9.50. The largest absolute Gasteiger partial charge is 0.451 e. The fourth-order valence-corrected chi connectivity index (χ4v) is 3.73. The number of hydrogen-bond donors (Lipinski definition) is 1. The number of carbonyl (C=O) groups excluding carboxylic acids is 2. The lowest BCUT2D eigenvalue weighted by Crippen LogP contribution is -2.54. The number of rotatable bonds is 8. The fraction of sp³-hybridized carbons (Fsp3) is 0.500. The van der Waals surface area contributed by atoms with Crippen molar-refractivity contribution in [1.82, 2.24) is 5.32 Å². The first-order valence-corrected chi connectivity index (χ1v) is 9.61. The molecule has 2 unspecified atom stereocenters. The van der Waals surface area contributed by atoms with Gasteiger partial charge in [0.15, 0.2) is 6.10 Å². The van der Waals surface area contributed by atoms with Crippen molar-refractivity contribution in [3.63, 3.8) is 0 Å². The van der Waals surface area contributed by atoms with Crippen LogP contribution in [-0.2, 0) is 14.3 Å². The van der Waals surface area contributed by atoms with E-state index in [9.17, 15) is 9.59 Å². The molecule has 0 bridgehead atoms. The van der Waals surface area contributed by atoms with E-state index in [2.05, 4.69) is 12.2 Å². The summed E-state index contributed by atoms with van der Waals surface area (Å²) < 4.78 is 5.31. The molecule has 0 aliphatic carbocycles. The van der Waals surface area contributed by atoms with Gasteiger partial charge in [0.1, 0.15) is 6.04 Å². The van der Waals surface area contributed by atoms with Gasteiger partial charge in [-0.25, -0.2) is 4.79 Å². The lowest BCUT2D eigenvalue weighted by molar-refractivity contribution is -0.165. The van der Waals surface area contributed by atoms with Crippen LogP contribution in [0.2, 0.25) is 0 Å². The zero-order valence-electron chi connectivity index (χ0n) is 12.6. The molecule has 6 heteroatoms. The van der Waals surface area contributed by atoms with E-state index in [1.807, 2.05) is 30.3 Å². The summed E-state index contributed by atoms with van der Waals surface area (Å²) >= 11 is 3.42. The number of esters is 1. The number of cyclic esters (lactones) is 1. The molecule has 2 rings (SSSR count). The number of amides is 1. The molecule has 22 heavy (non-hydrogen) atoms. The topological polar surface area (TPSA) is 55.4 Å². The van der Waals surface area contributed by atoms with Crippen LogP contribution in [0.15, 0.2) is 35.2 Å². The van der Waals surface area contributed by atoms with Gasteiger partial charge in [-0.3, -0.25) is 4.79 Å². The molecule has 2 atom stereocenters. The predicted molar refractivity (Wildman–Crippen MR) is 91.2 cm³/mol. The molecule has 0 saturated carbocycles. The third-order valence-corrected chi connectivity index (χ3v) is 5.28. The molecule has 0 aromatic heterocycles. The zero-order chi connectivity index (χ0) is 15.8. The summed E-state index contributed by atoms with van der Waals surface area (Å²) in [4.78, 5) is 25.1. The van der Waals surface area contributed by atoms with Gasteiger partial charge in [0.25, 0.3) is 5.91 Å². The zero-order valence-corrected chi connectivity index (χ0v) is 14.3. The van der Waals surface area contributed by atoms with E-state index in [4.69, 9.17) is 4.74 Å². The summed E-state index contributed by atoms with van der Waals surface area (Å²) in [7, 11) is 0. The maximum absolute atomic E-state index is 12.0. The first-order valence-electron chi connectivity index (χ1n) is 7.47. The minimum Gasteiger partial charge on any atom is -0.451 e. The van der Waals surface area contributed by atoms with Crippen molar-refractivity contribution in [1.29, 1.82) is 0 Å². The molecule has 4 nitrogen and oxygen atoms in total. The predicted octanol–water partition coefficient (Wildman–Crippen LogP) is 2.72. The highest BCUT2D eigenvalue weighted by atomic mass is 32.2. The number of carbonyl (C=O) groups is 2. The quantitative estimate of drug-likeness (QED) is 0.448. The number of benzene rings is 1. The van der Waals surface area contributed by atoms with Crippen LogP contribution in [0.25, 0.3) is 0 Å². The van der Waals surface area contributed by atoms with Gasteiger partial charge >= 0.3 is 5.97 Å². The van der Waals surface area contributed by atoms with Gasteiger partial charge < -0.3 is 10.1 Å². The second kappa shape index (κ2) is 9.10. The summed E-state index contributed by atoms with van der Waals surface area (Å²) in [6.07, 6.45) is 0.515. The monoisotopic (exact) mass is 339 g/mol. The van der Waals surface area contributed by atoms with Crippen LogP contribution in [0, 0.1) is 0 Å². The van der Waals surface area contributed by atoms with Crippen molar-refractivity contribution in [3.8, 4) is 0 Å². The summed E-state index contributed by atoms with van der Waals surface area (Å²) in [5, 5.41) is 2.79. The van der Waals surface area contributed by atoms with Gasteiger partial charge in [0.05, 0.1) is 0 Å². The standard InChI is InChI=1S/C16H21NO3S2/c1-2-21-10-8-13-16(19)20-14(15(18)17-13)9-11-22-12-6-4-3-5-7-12/h3-7,13-14H,2,8-11H2,1H3,(H,17,18). The number of hydrogen-bond acceptors (Lipinski definition) is 5. The third kappa shape index (κ3) is 5.25. The summed E-state index contributed by atoms with van der Waals surface area (Å²) in [6.45, 7) is 2.07. The Bertz CT molecular complexity index is 495. The molecule has 1 aromatic rings. The fourth-order valence-electron chi connectivity index (χ4n) is 2.13. The van der Waals surface area contributed by atoms with E-state index in [0.29, 0.717) is 12.8 Å². The van der Waals surface area contributed by atoms with Crippen molar-refractivity contribution in [2.75, 3.05) is 17.3 Å². The van der Waals surface area contributed by atoms with Crippen molar-refractivity contribution < 1.29 is 14.3 Å². The SMILES string of the molecule is CCSCCC1NC(=O)C(CCSc2ccccc2)OC1=O. The van der Waals surface area contributed by atoms with Crippen LogP contribution in [0.1, 0.15) is 19.8 Å². The smallest absolute Gasteiger partial charge is 0.329 e. The molecule has 1 N–H and O–H groups in total. The molecule has 1 saturated heterocycles. The molecule has 1 aromatic carbocycles. The van der Waals surface area contributed by atoms with Gasteiger partial charge in [0.2, 0.25) is 0 Å². The second-order valence-electron chi connectivity index (χ2n) is 4.92. The van der Waals surface area contributed by atoms with Crippen molar-refractivity contribution in [3.05, 3.63) is 30.3 Å². The van der Waals surface area contributed by atoms with Gasteiger partial charge in [-0.2, -0.15) is 11.8 Å². The Kier molecular flexibility index (Phi) is 7.12. The maximum Gasteiger partial charge on any atom is 0.329 e. The van der Waals surface area contributed by atoms with E-state index < -0.39 is 12.1 Å². The van der Waals surface area contributed by atoms with Crippen LogP contribution in [-0.4, -0.2) is 41.3 Å². The molecule has 0 spiro atoms. The minimum absolute atomic E-state index is 0.167. The Balaban J connectivity index is 1.74. The molecule has 1 aliphatic heterocycles. The molecule has 1 heterocycles. The first-order chi connectivity index (χ1) is 10.7. The van der Waals surface area contributed by atoms with Crippen molar-refractivity contribution in [2.45, 2.75) is 36.8 Å². The lowest BCUT2D eigenvalue weighted by Gasteiger charge is -2.28. The Morgan fingerprint density at radius 3 is 2.64 bits per heavy atom. The highest BCUT2D eigenvalue weighted by Gasteiger charge is 2.35. The Labute approximate surface area is 139 Å². The molecule has 0 radical (unpaired) electrons. The van der Waals surface area contributed by atoms with Crippen LogP contribution in [0.5, 0.6) is 0 Å². The average Bonchev–Trinajstić information content (AvgIpc) is 2.53. The minimum atomic E-state index is -0.654. The highest BCUT2D eigenvalue weighted by molar-refractivity contribution is 7.99. The second-order valence-corrected chi connectivity index (χ2v) is 7.48. The van der Waals surface area contributed by atoms with Gasteiger partial charge in [-0.1, -0.05) is 25.1 Å². The van der Waals surface area contributed by atoms with Gasteiger partial charge in [-0.15, -0.1) is 11.8 Å². The molecular formula is C16H21NO3S2. The lowest BCUT2D eigenvalue weighted by atomic mass is 10.1. The molecule has 1 fully saturated rings. The van der Waals surface area contributed by atoms with Crippen LogP contribution >= 0.6 is 23.5 Å². The first kappa shape index (κ1) is 17.2. The van der Waals surface area contributed by atoms with Crippen LogP contribution in [0.3, 0.4) is 0 Å². The average molecular weight is 339 g/mol. The van der Waals surface area contributed by atoms with Crippen molar-refractivity contribution in [2.24, 2.45) is 0 Å². The third-order valence-electron chi connectivity index (χ3n) is 3.30. The Hall–Kier alpha value is -1.14. The molecular weight excluding hydrogens is 318 g/mol. The number of nitrogens with one attached hydrogen (secondary N) is 1. The number of thioether (sulfide) groups is 2. The number of morpholine rings is 1. The van der Waals surface area contributed by atoms with Gasteiger partial charge in [-0.05, 0) is 30.1 Å². The normalized spacial score (nSPS) is 21.3. The van der Waals surface area contributed by atoms with Crippen molar-refractivity contribution >= 4 is 35.4 Å². The van der Waals surface area contributed by atoms with E-state index in [1.165, 1.54) is 0 Å². The van der Waals surface area contributed by atoms with E-state index in [0.717, 1.165) is 22.2 Å². The van der Waals surface area contributed by atoms with E-state index in [-0.39, 0.29) is 11.9 Å². The van der Waals surface area contributed by atoms with Gasteiger partial charge in [0, 0.05) is 17.1 Å². The Morgan fingerprint density at radius 2 is 1.91 bits per heavy atom. The number of ether oxygens (including phenoxy) is 1. The highest BCUT2D eigenvalue weighted by Crippen LogP contribution is 2.20. The summed E-state index contributed by atoms with van der Waals surface area (Å²) in [5.41, 5.74) is 0. The molecule has 1 amide bonds. The molecule has 120 valence electrons. The van der Waals surface area contributed by atoms with Crippen LogP contribution in [0.4, 0.5) is 0 Å². The van der Waals surface area contributed by atoms with Crippen LogP contribution < -0.4 is 5.32 Å².